The molecule has 1 heterocycles. The minimum atomic E-state index is -1.13. The smallest absolute Gasteiger partial charge is 0.339 e. The summed E-state index contributed by atoms with van der Waals surface area (Å²) in [6.45, 7) is 3.18. The van der Waals surface area contributed by atoms with Crippen LogP contribution in [0.3, 0.4) is 0 Å². The van der Waals surface area contributed by atoms with E-state index in [0.717, 1.165) is 0 Å². The van der Waals surface area contributed by atoms with Crippen molar-refractivity contribution in [1.29, 1.82) is 0 Å². The molecule has 8 nitrogen and oxygen atoms in total. The molecule has 0 fully saturated rings. The third-order valence-corrected chi connectivity index (χ3v) is 5.50. The van der Waals surface area contributed by atoms with Gasteiger partial charge in [0, 0.05) is 7.05 Å². The number of nitrogens with zero attached hydrogens (tertiary/aromatic N) is 2. The van der Waals surface area contributed by atoms with Crippen LogP contribution >= 0.6 is 0 Å². The Hall–Kier alpha value is -4.59. The first-order valence-electron chi connectivity index (χ1n) is 11.0. The van der Waals surface area contributed by atoms with Crippen molar-refractivity contribution < 1.29 is 19.1 Å². The molecule has 0 unspecified atom stereocenters. The lowest BCUT2D eigenvalue weighted by atomic mass is 10.2. The van der Waals surface area contributed by atoms with Crippen molar-refractivity contribution in [3.8, 4) is 17.2 Å². The molecule has 8 heteroatoms. The van der Waals surface area contributed by atoms with E-state index in [1.807, 2.05) is 36.4 Å². The van der Waals surface area contributed by atoms with Crippen LogP contribution in [-0.4, -0.2) is 27.3 Å². The number of carbonyl (C=O) groups is 2. The molecule has 0 aliphatic rings. The third kappa shape index (κ3) is 5.16. The maximum absolute atomic E-state index is 13.0. The van der Waals surface area contributed by atoms with Crippen LogP contribution in [0.15, 0.2) is 89.7 Å². The van der Waals surface area contributed by atoms with Crippen molar-refractivity contribution in [2.24, 2.45) is 7.05 Å². The second kappa shape index (κ2) is 10.1. The fourth-order valence-electron chi connectivity index (χ4n) is 3.53. The molecule has 1 atom stereocenters. The maximum atomic E-state index is 13.0. The first-order valence-corrected chi connectivity index (χ1v) is 11.0. The van der Waals surface area contributed by atoms with E-state index in [2.05, 4.69) is 5.32 Å². The van der Waals surface area contributed by atoms with Gasteiger partial charge in [-0.05, 0) is 56.3 Å². The quantitative estimate of drug-likeness (QED) is 0.402. The van der Waals surface area contributed by atoms with Crippen LogP contribution in [-0.2, 0) is 16.6 Å². The Bertz CT molecular complexity index is 1410. The molecule has 3 aromatic carbocycles. The van der Waals surface area contributed by atoms with E-state index in [9.17, 15) is 14.4 Å². The van der Waals surface area contributed by atoms with Crippen LogP contribution in [0, 0.1) is 6.92 Å². The van der Waals surface area contributed by atoms with Gasteiger partial charge in [-0.2, -0.15) is 0 Å². The molecule has 0 aliphatic heterocycles. The number of carbonyl (C=O) groups excluding carboxylic acids is 2. The molecule has 0 radical (unpaired) electrons. The summed E-state index contributed by atoms with van der Waals surface area (Å²) in [5.74, 6) is -0.201. The molecule has 35 heavy (non-hydrogen) atoms. The van der Waals surface area contributed by atoms with Crippen LogP contribution in [0.4, 0.5) is 5.69 Å². The monoisotopic (exact) mass is 471 g/mol. The average molecular weight is 472 g/mol. The molecule has 1 N–H and O–H groups in total. The van der Waals surface area contributed by atoms with E-state index in [1.165, 1.54) is 11.6 Å². The van der Waals surface area contributed by atoms with Gasteiger partial charge in [-0.15, -0.1) is 0 Å². The van der Waals surface area contributed by atoms with Gasteiger partial charge < -0.3 is 14.8 Å². The van der Waals surface area contributed by atoms with E-state index < -0.39 is 18.0 Å². The summed E-state index contributed by atoms with van der Waals surface area (Å²) in [5.41, 5.74) is 1.22. The average Bonchev–Trinajstić information content (AvgIpc) is 3.08. The number of hydrogen-bond acceptors (Lipinski definition) is 5. The number of benzene rings is 3. The lowest BCUT2D eigenvalue weighted by molar-refractivity contribution is -0.123. The summed E-state index contributed by atoms with van der Waals surface area (Å²) >= 11 is 0. The number of aromatic nitrogens is 2. The molecule has 0 saturated carbocycles. The number of rotatable bonds is 7. The number of anilines is 1. The second-order valence-electron chi connectivity index (χ2n) is 7.92. The summed E-state index contributed by atoms with van der Waals surface area (Å²) in [6, 6.07) is 24.8. The predicted octanol–water partition coefficient (Wildman–Crippen LogP) is 4.46. The van der Waals surface area contributed by atoms with E-state index in [0.29, 0.717) is 22.9 Å². The highest BCUT2D eigenvalue weighted by atomic mass is 16.5. The molecular formula is C27H25N3O5. The van der Waals surface area contributed by atoms with Gasteiger partial charge in [-0.25, -0.2) is 9.48 Å². The topological polar surface area (TPSA) is 91.6 Å². The Kier molecular flexibility index (Phi) is 6.82. The van der Waals surface area contributed by atoms with Gasteiger partial charge in [0.05, 0.1) is 16.9 Å². The van der Waals surface area contributed by atoms with Crippen molar-refractivity contribution in [2.45, 2.75) is 20.0 Å². The van der Waals surface area contributed by atoms with Crippen molar-refractivity contribution in [3.05, 3.63) is 107 Å². The third-order valence-electron chi connectivity index (χ3n) is 5.50. The number of amides is 1. The van der Waals surface area contributed by atoms with E-state index in [1.54, 1.807) is 67.2 Å². The summed E-state index contributed by atoms with van der Waals surface area (Å²) in [7, 11) is 1.73. The van der Waals surface area contributed by atoms with Crippen LogP contribution in [0.2, 0.25) is 0 Å². The Balaban J connectivity index is 1.45. The number of esters is 1. The van der Waals surface area contributed by atoms with Crippen molar-refractivity contribution in [3.63, 3.8) is 0 Å². The van der Waals surface area contributed by atoms with Crippen molar-refractivity contribution in [2.75, 3.05) is 5.32 Å². The fraction of sp³-hybridized carbons (Fsp3) is 0.148. The molecule has 4 aromatic rings. The zero-order valence-electron chi connectivity index (χ0n) is 19.6. The Morgan fingerprint density at radius 1 is 0.886 bits per heavy atom. The molecule has 0 saturated heterocycles. The molecule has 0 aliphatic carbocycles. The van der Waals surface area contributed by atoms with Gasteiger partial charge >= 0.3 is 5.97 Å². The fourth-order valence-corrected chi connectivity index (χ4v) is 3.53. The van der Waals surface area contributed by atoms with Crippen LogP contribution < -0.4 is 15.6 Å². The number of hydrogen-bond donors (Lipinski definition) is 1. The molecular weight excluding hydrogens is 446 g/mol. The van der Waals surface area contributed by atoms with Crippen LogP contribution in [0.25, 0.3) is 5.69 Å². The molecule has 0 spiro atoms. The highest BCUT2D eigenvalue weighted by Crippen LogP contribution is 2.22. The van der Waals surface area contributed by atoms with Gasteiger partial charge in [0.2, 0.25) is 0 Å². The first-order chi connectivity index (χ1) is 16.8. The minimum Gasteiger partial charge on any atom is -0.457 e. The molecule has 4 rings (SSSR count). The molecule has 1 amide bonds. The van der Waals surface area contributed by atoms with Crippen LogP contribution in [0.5, 0.6) is 11.5 Å². The summed E-state index contributed by atoms with van der Waals surface area (Å²) < 4.78 is 14.2. The normalized spacial score (nSPS) is 11.5. The maximum Gasteiger partial charge on any atom is 0.339 e. The Morgan fingerprint density at radius 2 is 1.51 bits per heavy atom. The number of para-hydroxylation sites is 2. The molecule has 0 bridgehead atoms. The Labute approximate surface area is 202 Å². The highest BCUT2D eigenvalue weighted by molar-refractivity contribution is 5.97. The van der Waals surface area contributed by atoms with Crippen molar-refractivity contribution in [1.82, 2.24) is 9.36 Å². The number of nitrogens with one attached hydrogen (secondary N) is 1. The Morgan fingerprint density at radius 3 is 2.20 bits per heavy atom. The van der Waals surface area contributed by atoms with Crippen molar-refractivity contribution >= 4 is 17.6 Å². The van der Waals surface area contributed by atoms with E-state index in [-0.39, 0.29) is 16.8 Å². The van der Waals surface area contributed by atoms with Crippen LogP contribution in [0.1, 0.15) is 23.0 Å². The lowest BCUT2D eigenvalue weighted by Crippen LogP contribution is -2.32. The predicted molar refractivity (Wildman–Crippen MR) is 132 cm³/mol. The van der Waals surface area contributed by atoms with E-state index >= 15 is 0 Å². The van der Waals surface area contributed by atoms with Gasteiger partial charge in [-0.1, -0.05) is 42.5 Å². The number of ether oxygens (including phenoxy) is 2. The van der Waals surface area contributed by atoms with Gasteiger partial charge in [0.25, 0.3) is 11.5 Å². The summed E-state index contributed by atoms with van der Waals surface area (Å²) in [4.78, 5) is 38.5. The first kappa shape index (κ1) is 23.6. The second-order valence-corrected chi connectivity index (χ2v) is 7.92. The lowest BCUT2D eigenvalue weighted by Gasteiger charge is -2.13. The zero-order chi connectivity index (χ0) is 24.9. The van der Waals surface area contributed by atoms with E-state index in [4.69, 9.17) is 9.47 Å². The van der Waals surface area contributed by atoms with Gasteiger partial charge in [0.1, 0.15) is 17.2 Å². The largest absolute Gasteiger partial charge is 0.457 e. The van der Waals surface area contributed by atoms with Gasteiger partial charge in [0.15, 0.2) is 6.10 Å². The summed E-state index contributed by atoms with van der Waals surface area (Å²) in [5, 5.41) is 2.62. The molecule has 178 valence electrons. The highest BCUT2D eigenvalue weighted by Gasteiger charge is 2.23. The SMILES string of the molecule is Cc1c(NC(=O)[C@@H](C)OC(=O)c2cccc(Oc3ccccc3)c2)c(=O)n(-c2ccccc2)n1C. The minimum absolute atomic E-state index is 0.127. The molecule has 1 aromatic heterocycles. The summed E-state index contributed by atoms with van der Waals surface area (Å²) in [6.07, 6.45) is -1.13. The zero-order valence-corrected chi connectivity index (χ0v) is 19.6. The standard InChI is InChI=1S/C27H25N3O5/c1-18-24(26(32)30(29(18)3)21-12-6-4-7-13-21)28-25(31)19(2)34-27(33)20-11-10-16-23(17-20)35-22-14-8-5-9-15-22/h4-17,19H,1-3H3,(H,28,31)/t19-/m1/s1. The van der Waals surface area contributed by atoms with Gasteiger partial charge in [-0.3, -0.25) is 14.3 Å².